The first kappa shape index (κ1) is 18.7. The normalized spacial score (nSPS) is 10.7. The molecule has 4 nitrogen and oxygen atoms in total. The van der Waals surface area contributed by atoms with Crippen molar-refractivity contribution in [2.75, 3.05) is 11.9 Å². The Balaban J connectivity index is 1.82. The van der Waals surface area contributed by atoms with Crippen LogP contribution in [0.25, 0.3) is 10.1 Å². The van der Waals surface area contributed by atoms with Crippen LogP contribution >= 0.6 is 34.5 Å². The highest BCUT2D eigenvalue weighted by Crippen LogP contribution is 2.31. The molecule has 1 heterocycles. The number of fused-ring (bicyclic) bond motifs is 1. The SMILES string of the molecule is CCOC(=O)Cc1cc(Cl)c(NC(=O)c2csc3ccccc23)cc1Cl. The standard InChI is InChI=1S/C19H15Cl2NO3S/c1-2-25-18(23)8-11-7-15(21)16(9-14(11)20)22-19(24)13-10-26-17-6-4-3-5-12(13)17/h3-7,9-10H,2,8H2,1H3,(H,22,24). The Kier molecular flexibility index (Phi) is 5.81. The van der Waals surface area contributed by atoms with Crippen molar-refractivity contribution in [1.82, 2.24) is 0 Å². The predicted octanol–water partition coefficient (Wildman–Crippen LogP) is 5.57. The molecule has 0 spiro atoms. The lowest BCUT2D eigenvalue weighted by molar-refractivity contribution is -0.142. The zero-order chi connectivity index (χ0) is 18.7. The maximum Gasteiger partial charge on any atom is 0.310 e. The number of carbonyl (C=O) groups excluding carboxylic acids is 2. The molecular weight excluding hydrogens is 393 g/mol. The van der Waals surface area contributed by atoms with Crippen LogP contribution in [-0.4, -0.2) is 18.5 Å². The molecule has 0 fully saturated rings. The second-order valence-electron chi connectivity index (χ2n) is 5.50. The second-order valence-corrected chi connectivity index (χ2v) is 7.23. The molecule has 26 heavy (non-hydrogen) atoms. The van der Waals surface area contributed by atoms with Gasteiger partial charge in [0, 0.05) is 20.5 Å². The van der Waals surface area contributed by atoms with Gasteiger partial charge in [0.1, 0.15) is 0 Å². The fraction of sp³-hybridized carbons (Fsp3) is 0.158. The summed E-state index contributed by atoms with van der Waals surface area (Å²) in [7, 11) is 0. The zero-order valence-electron chi connectivity index (χ0n) is 13.8. The lowest BCUT2D eigenvalue weighted by Crippen LogP contribution is -2.12. The molecule has 2 aromatic carbocycles. The summed E-state index contributed by atoms with van der Waals surface area (Å²) in [6.45, 7) is 2.03. The molecule has 0 aliphatic heterocycles. The molecule has 1 aromatic heterocycles. The van der Waals surface area contributed by atoms with Gasteiger partial charge in [-0.2, -0.15) is 0 Å². The molecule has 0 radical (unpaired) electrons. The number of nitrogens with one attached hydrogen (secondary N) is 1. The van der Waals surface area contributed by atoms with Crippen molar-refractivity contribution in [3.8, 4) is 0 Å². The van der Waals surface area contributed by atoms with Crippen LogP contribution in [0.1, 0.15) is 22.8 Å². The first-order valence-electron chi connectivity index (χ1n) is 7.90. The van der Waals surface area contributed by atoms with Crippen LogP contribution in [0.4, 0.5) is 5.69 Å². The van der Waals surface area contributed by atoms with Crippen molar-refractivity contribution < 1.29 is 14.3 Å². The highest BCUT2D eigenvalue weighted by Gasteiger charge is 2.16. The summed E-state index contributed by atoms with van der Waals surface area (Å²) < 4.78 is 5.95. The summed E-state index contributed by atoms with van der Waals surface area (Å²) in [6.07, 6.45) is 0.0236. The van der Waals surface area contributed by atoms with Gasteiger partial charge in [0.2, 0.25) is 0 Å². The molecule has 0 aliphatic carbocycles. The van der Waals surface area contributed by atoms with Gasteiger partial charge < -0.3 is 10.1 Å². The van der Waals surface area contributed by atoms with E-state index in [0.29, 0.717) is 33.5 Å². The van der Waals surface area contributed by atoms with Crippen LogP contribution in [0.15, 0.2) is 41.8 Å². The fourth-order valence-electron chi connectivity index (χ4n) is 2.53. The number of rotatable bonds is 5. The van der Waals surface area contributed by atoms with E-state index in [9.17, 15) is 9.59 Å². The third-order valence-electron chi connectivity index (χ3n) is 3.75. The third-order valence-corrected chi connectivity index (χ3v) is 5.38. The van der Waals surface area contributed by atoms with Crippen LogP contribution in [0, 0.1) is 0 Å². The van der Waals surface area contributed by atoms with Crippen molar-refractivity contribution >= 4 is 62.2 Å². The van der Waals surface area contributed by atoms with Crippen molar-refractivity contribution in [2.24, 2.45) is 0 Å². The Morgan fingerprint density at radius 1 is 1.15 bits per heavy atom. The van der Waals surface area contributed by atoms with Crippen LogP contribution in [0.3, 0.4) is 0 Å². The van der Waals surface area contributed by atoms with E-state index < -0.39 is 0 Å². The summed E-state index contributed by atoms with van der Waals surface area (Å²) in [5.74, 6) is -0.648. The summed E-state index contributed by atoms with van der Waals surface area (Å²) in [4.78, 5) is 24.2. The molecular formula is C19H15Cl2NO3S. The Morgan fingerprint density at radius 2 is 1.92 bits per heavy atom. The maximum absolute atomic E-state index is 12.6. The number of hydrogen-bond acceptors (Lipinski definition) is 4. The van der Waals surface area contributed by atoms with E-state index in [1.807, 2.05) is 29.6 Å². The van der Waals surface area contributed by atoms with E-state index in [4.69, 9.17) is 27.9 Å². The molecule has 0 saturated carbocycles. The lowest BCUT2D eigenvalue weighted by atomic mass is 10.1. The molecule has 0 aliphatic rings. The van der Waals surface area contributed by atoms with Crippen LogP contribution in [-0.2, 0) is 16.0 Å². The molecule has 0 saturated heterocycles. The minimum Gasteiger partial charge on any atom is -0.466 e. The van der Waals surface area contributed by atoms with Gasteiger partial charge in [-0.05, 0) is 30.7 Å². The van der Waals surface area contributed by atoms with Gasteiger partial charge in [-0.15, -0.1) is 11.3 Å². The van der Waals surface area contributed by atoms with Crippen LogP contribution in [0.5, 0.6) is 0 Å². The Morgan fingerprint density at radius 3 is 2.69 bits per heavy atom. The first-order valence-corrected chi connectivity index (χ1v) is 9.54. The van der Waals surface area contributed by atoms with E-state index in [-0.39, 0.29) is 18.3 Å². The number of benzene rings is 2. The molecule has 1 amide bonds. The molecule has 0 unspecified atom stereocenters. The average Bonchev–Trinajstić information content (AvgIpc) is 3.03. The monoisotopic (exact) mass is 407 g/mol. The van der Waals surface area contributed by atoms with Gasteiger partial charge in [-0.3, -0.25) is 9.59 Å². The van der Waals surface area contributed by atoms with Gasteiger partial charge in [0.05, 0.1) is 29.3 Å². The topological polar surface area (TPSA) is 55.4 Å². The zero-order valence-corrected chi connectivity index (χ0v) is 16.2. The van der Waals surface area contributed by atoms with Crippen molar-refractivity contribution in [3.63, 3.8) is 0 Å². The van der Waals surface area contributed by atoms with Gasteiger partial charge in [0.25, 0.3) is 5.91 Å². The lowest BCUT2D eigenvalue weighted by Gasteiger charge is -2.11. The van der Waals surface area contributed by atoms with E-state index in [0.717, 1.165) is 10.1 Å². The molecule has 0 atom stereocenters. The number of ether oxygens (including phenoxy) is 1. The number of anilines is 1. The van der Waals surface area contributed by atoms with Crippen molar-refractivity contribution in [3.05, 3.63) is 63.0 Å². The quantitative estimate of drug-likeness (QED) is 0.562. The van der Waals surface area contributed by atoms with Gasteiger partial charge >= 0.3 is 5.97 Å². The van der Waals surface area contributed by atoms with Crippen molar-refractivity contribution in [2.45, 2.75) is 13.3 Å². The van der Waals surface area contributed by atoms with Gasteiger partial charge in [0.15, 0.2) is 0 Å². The summed E-state index contributed by atoms with van der Waals surface area (Å²) >= 11 is 14.0. The minimum atomic E-state index is -0.382. The molecule has 3 rings (SSSR count). The van der Waals surface area contributed by atoms with E-state index in [1.54, 1.807) is 19.1 Å². The Labute approximate surface area is 164 Å². The van der Waals surface area contributed by atoms with E-state index >= 15 is 0 Å². The summed E-state index contributed by atoms with van der Waals surface area (Å²) in [6, 6.07) is 10.8. The van der Waals surface area contributed by atoms with E-state index in [2.05, 4.69) is 5.32 Å². The number of halogens is 2. The maximum atomic E-state index is 12.6. The van der Waals surface area contributed by atoms with Gasteiger partial charge in [-0.1, -0.05) is 41.4 Å². The highest BCUT2D eigenvalue weighted by atomic mass is 35.5. The summed E-state index contributed by atoms with van der Waals surface area (Å²) in [5.41, 5.74) is 1.52. The average molecular weight is 408 g/mol. The Hall–Kier alpha value is -2.08. The molecule has 1 N–H and O–H groups in total. The molecule has 3 aromatic rings. The summed E-state index contributed by atoms with van der Waals surface area (Å²) in [5, 5.41) is 6.13. The smallest absolute Gasteiger partial charge is 0.310 e. The third kappa shape index (κ3) is 4.01. The second kappa shape index (κ2) is 8.08. The van der Waals surface area contributed by atoms with Crippen molar-refractivity contribution in [1.29, 1.82) is 0 Å². The van der Waals surface area contributed by atoms with Crippen LogP contribution < -0.4 is 5.32 Å². The van der Waals surface area contributed by atoms with E-state index in [1.165, 1.54) is 11.3 Å². The Bertz CT molecular complexity index is 984. The highest BCUT2D eigenvalue weighted by molar-refractivity contribution is 7.17. The van der Waals surface area contributed by atoms with Crippen LogP contribution in [0.2, 0.25) is 10.0 Å². The first-order chi connectivity index (χ1) is 12.5. The molecule has 134 valence electrons. The number of esters is 1. The van der Waals surface area contributed by atoms with Gasteiger partial charge in [-0.25, -0.2) is 0 Å². The number of thiophene rings is 1. The number of amides is 1. The fourth-order valence-corrected chi connectivity index (χ4v) is 3.94. The predicted molar refractivity (Wildman–Crippen MR) is 107 cm³/mol. The molecule has 7 heteroatoms. The largest absolute Gasteiger partial charge is 0.466 e. The number of hydrogen-bond donors (Lipinski definition) is 1. The minimum absolute atomic E-state index is 0.0236. The number of carbonyl (C=O) groups is 2. The molecule has 0 bridgehead atoms.